The van der Waals surface area contributed by atoms with Crippen molar-refractivity contribution in [2.24, 2.45) is 0 Å². The summed E-state index contributed by atoms with van der Waals surface area (Å²) in [6.45, 7) is 4.02. The molecule has 3 aliphatic rings. The van der Waals surface area contributed by atoms with Crippen LogP contribution in [0.5, 0.6) is 0 Å². The van der Waals surface area contributed by atoms with Gasteiger partial charge in [-0.1, -0.05) is 0 Å². The van der Waals surface area contributed by atoms with Crippen molar-refractivity contribution in [2.45, 2.75) is 44.6 Å². The van der Waals surface area contributed by atoms with E-state index in [2.05, 4.69) is 15.1 Å². The van der Waals surface area contributed by atoms with Gasteiger partial charge in [0, 0.05) is 43.0 Å². The lowest BCUT2D eigenvalue weighted by Crippen LogP contribution is -2.34. The Morgan fingerprint density at radius 1 is 1.04 bits per heavy atom. The van der Waals surface area contributed by atoms with Gasteiger partial charge in [0.2, 0.25) is 11.7 Å². The molecule has 1 unspecified atom stereocenters. The first-order valence-corrected chi connectivity index (χ1v) is 11.2. The third-order valence-electron chi connectivity index (χ3n) is 5.54. The first kappa shape index (κ1) is 19.4. The third kappa shape index (κ3) is 4.38. The quantitative estimate of drug-likeness (QED) is 0.594. The zero-order valence-corrected chi connectivity index (χ0v) is 16.9. The Kier molecular flexibility index (Phi) is 6.26. The lowest BCUT2D eigenvalue weighted by atomic mass is 10.1. The van der Waals surface area contributed by atoms with E-state index in [1.165, 1.54) is 38.5 Å². The monoisotopic (exact) mass is 401 g/mol. The van der Waals surface area contributed by atoms with Gasteiger partial charge in [0.15, 0.2) is 6.29 Å². The van der Waals surface area contributed by atoms with Crippen LogP contribution in [0.2, 0.25) is 0 Å². The molecule has 3 saturated heterocycles. The van der Waals surface area contributed by atoms with Crippen molar-refractivity contribution in [3.05, 3.63) is 16.7 Å². The summed E-state index contributed by atoms with van der Waals surface area (Å²) in [4.78, 5) is 38.0. The van der Waals surface area contributed by atoms with E-state index in [0.29, 0.717) is 12.2 Å². The highest BCUT2D eigenvalue weighted by Gasteiger charge is 2.28. The van der Waals surface area contributed by atoms with Crippen molar-refractivity contribution in [1.29, 1.82) is 0 Å². The number of piperidine rings is 2. The molecule has 0 saturated carbocycles. The Balaban J connectivity index is 1.67. The van der Waals surface area contributed by atoms with Gasteiger partial charge in [-0.25, -0.2) is 4.98 Å². The fourth-order valence-corrected chi connectivity index (χ4v) is 4.99. The number of Topliss-reactive ketones (excluding diaryl/α,β-unsaturated/α-hetero) is 1. The van der Waals surface area contributed by atoms with Gasteiger partial charge in [-0.15, -0.1) is 11.8 Å². The van der Waals surface area contributed by atoms with E-state index in [-0.39, 0.29) is 0 Å². The number of hydrogen-bond acceptors (Lipinski definition) is 8. The molecule has 4 heterocycles. The first-order chi connectivity index (χ1) is 13.7. The Morgan fingerprint density at radius 2 is 1.71 bits per heavy atom. The maximum Gasteiger partial charge on any atom is 0.227 e. The lowest BCUT2D eigenvalue weighted by Gasteiger charge is -2.31. The summed E-state index contributed by atoms with van der Waals surface area (Å²) in [5, 5.41) is 3.08. The molecule has 150 valence electrons. The molecule has 3 fully saturated rings. The second-order valence-electron chi connectivity index (χ2n) is 7.54. The van der Waals surface area contributed by atoms with E-state index >= 15 is 0 Å². The molecule has 1 aromatic heterocycles. The Hall–Kier alpha value is -1.93. The summed E-state index contributed by atoms with van der Waals surface area (Å²) in [5.74, 6) is 1.94. The van der Waals surface area contributed by atoms with Crippen molar-refractivity contribution in [3.8, 4) is 0 Å². The molecule has 0 spiro atoms. The smallest absolute Gasteiger partial charge is 0.227 e. The first-order valence-electron chi connectivity index (χ1n) is 10.2. The fraction of sp³-hybridized carbons (Fsp3) is 0.600. The van der Waals surface area contributed by atoms with Crippen LogP contribution in [0.15, 0.2) is 11.0 Å². The highest BCUT2D eigenvalue weighted by molar-refractivity contribution is 8.03. The zero-order valence-electron chi connectivity index (χ0n) is 16.1. The summed E-state index contributed by atoms with van der Waals surface area (Å²) >= 11 is 1.55. The molecule has 8 heteroatoms. The number of carbonyl (C=O) groups excluding carboxylic acids is 2. The number of nitrogens with one attached hydrogen (secondary N) is 1. The van der Waals surface area contributed by atoms with Gasteiger partial charge < -0.3 is 9.80 Å². The van der Waals surface area contributed by atoms with Crippen LogP contribution in [0.3, 0.4) is 0 Å². The highest BCUT2D eigenvalue weighted by atomic mass is 32.2. The molecule has 0 aromatic carbocycles. The van der Waals surface area contributed by atoms with E-state index in [9.17, 15) is 9.59 Å². The largest absolute Gasteiger partial charge is 0.356 e. The van der Waals surface area contributed by atoms with E-state index < -0.39 is 11.8 Å². The van der Waals surface area contributed by atoms with Crippen molar-refractivity contribution < 1.29 is 9.59 Å². The topological polar surface area (TPSA) is 78.4 Å². The molecule has 0 bridgehead atoms. The maximum absolute atomic E-state index is 11.9. The van der Waals surface area contributed by atoms with Crippen LogP contribution in [0.4, 0.5) is 11.8 Å². The summed E-state index contributed by atoms with van der Waals surface area (Å²) in [7, 11) is 0. The van der Waals surface area contributed by atoms with Gasteiger partial charge >= 0.3 is 0 Å². The molecule has 0 amide bonds. The van der Waals surface area contributed by atoms with Crippen molar-refractivity contribution in [1.82, 2.24) is 15.3 Å². The second-order valence-corrected chi connectivity index (χ2v) is 8.59. The normalized spacial score (nSPS) is 24.6. The average molecular weight is 402 g/mol. The molecule has 28 heavy (non-hydrogen) atoms. The maximum atomic E-state index is 11.9. The number of aldehydes is 1. The van der Waals surface area contributed by atoms with Gasteiger partial charge in [-0.05, 0) is 44.6 Å². The molecular formula is C20H27N5O2S. The molecule has 1 N–H and O–H groups in total. The fourth-order valence-electron chi connectivity index (χ4n) is 4.01. The molecule has 0 radical (unpaired) electrons. The van der Waals surface area contributed by atoms with Gasteiger partial charge in [-0.2, -0.15) is 4.98 Å². The lowest BCUT2D eigenvalue weighted by molar-refractivity contribution is -0.130. The number of ketones is 1. The van der Waals surface area contributed by atoms with Gasteiger partial charge in [0.25, 0.3) is 0 Å². The van der Waals surface area contributed by atoms with Crippen LogP contribution >= 0.6 is 11.8 Å². The second kappa shape index (κ2) is 9.05. The molecule has 0 aliphatic carbocycles. The summed E-state index contributed by atoms with van der Waals surface area (Å²) in [6, 6.07) is 1.47. The van der Waals surface area contributed by atoms with E-state index in [0.717, 1.165) is 48.5 Å². The van der Waals surface area contributed by atoms with Crippen LogP contribution < -0.4 is 15.1 Å². The highest BCUT2D eigenvalue weighted by Crippen LogP contribution is 2.30. The van der Waals surface area contributed by atoms with Crippen LogP contribution in [-0.4, -0.2) is 60.1 Å². The predicted molar refractivity (Wildman–Crippen MR) is 113 cm³/mol. The number of anilines is 2. The third-order valence-corrected chi connectivity index (χ3v) is 6.54. The molecule has 1 atom stereocenters. The van der Waals surface area contributed by atoms with Crippen LogP contribution in [-0.2, 0) is 9.59 Å². The molecule has 1 aromatic rings. The minimum absolute atomic E-state index is 0.398. The number of carbonyl (C=O) groups is 2. The van der Waals surface area contributed by atoms with Crippen molar-refractivity contribution in [2.75, 3.05) is 41.9 Å². The van der Waals surface area contributed by atoms with Gasteiger partial charge in [0.1, 0.15) is 11.9 Å². The van der Waals surface area contributed by atoms with E-state index in [1.54, 1.807) is 11.8 Å². The summed E-state index contributed by atoms with van der Waals surface area (Å²) in [5.41, 5.74) is 0.811. The minimum atomic E-state index is -0.547. The minimum Gasteiger partial charge on any atom is -0.356 e. The zero-order chi connectivity index (χ0) is 19.3. The van der Waals surface area contributed by atoms with Crippen LogP contribution in [0.1, 0.15) is 44.2 Å². The Bertz CT molecular complexity index is 721. The number of thioether (sulfide) groups is 1. The summed E-state index contributed by atoms with van der Waals surface area (Å²) < 4.78 is 0. The van der Waals surface area contributed by atoms with Gasteiger partial charge in [-0.3, -0.25) is 14.9 Å². The molecule has 3 aliphatic heterocycles. The molecular weight excluding hydrogens is 374 g/mol. The molecule has 7 nitrogen and oxygen atoms in total. The van der Waals surface area contributed by atoms with Gasteiger partial charge in [0.05, 0.1) is 5.69 Å². The molecule has 4 rings (SSSR count). The summed E-state index contributed by atoms with van der Waals surface area (Å²) in [6.07, 6.45) is 9.60. The van der Waals surface area contributed by atoms with E-state index in [1.807, 2.05) is 12.1 Å². The SMILES string of the molecule is O=CC(=O)C1NCS/C1=C\c1cc(N2CCCCC2)nc(N2CCCCC2)n1. The number of nitrogens with zero attached hydrogens (tertiary/aromatic N) is 4. The Labute approximate surface area is 170 Å². The number of aromatic nitrogens is 2. The van der Waals surface area contributed by atoms with E-state index in [4.69, 9.17) is 9.97 Å². The van der Waals surface area contributed by atoms with Crippen LogP contribution in [0.25, 0.3) is 6.08 Å². The van der Waals surface area contributed by atoms with Crippen molar-refractivity contribution in [3.63, 3.8) is 0 Å². The average Bonchev–Trinajstić information content (AvgIpc) is 3.22. The predicted octanol–water partition coefficient (Wildman–Crippen LogP) is 2.23. The number of rotatable bonds is 5. The van der Waals surface area contributed by atoms with Crippen molar-refractivity contribution >= 4 is 41.7 Å². The number of hydrogen-bond donors (Lipinski definition) is 1. The van der Waals surface area contributed by atoms with Crippen LogP contribution in [0, 0.1) is 0 Å². The standard InChI is InChI=1S/C20H27N5O2S/c26-13-16(27)19-17(28-14-21-19)11-15-12-18(24-7-3-1-4-8-24)23-20(22-15)25-9-5-2-6-10-25/h11-13,19,21H,1-10,14H2/b17-11-. The Morgan fingerprint density at radius 3 is 2.39 bits per heavy atom.